The van der Waals surface area contributed by atoms with Crippen LogP contribution >= 0.6 is 0 Å². The predicted octanol–water partition coefficient (Wildman–Crippen LogP) is 3.20. The molecular weight excluding hydrogens is 236 g/mol. The van der Waals surface area contributed by atoms with Gasteiger partial charge in [-0.05, 0) is 41.5 Å². The van der Waals surface area contributed by atoms with E-state index >= 15 is 0 Å². The third-order valence-corrected chi connectivity index (χ3v) is 3.85. The number of carboxylic acids is 1. The van der Waals surface area contributed by atoms with Crippen LogP contribution in [0.2, 0.25) is 0 Å². The van der Waals surface area contributed by atoms with E-state index in [9.17, 15) is 9.90 Å². The molecule has 0 amide bonds. The largest absolute Gasteiger partial charge is 0.481 e. The molecule has 6 rings (SSSR count). The van der Waals surface area contributed by atoms with Crippen LogP contribution in [0.5, 0.6) is 0 Å². The third-order valence-electron chi connectivity index (χ3n) is 3.85. The minimum Gasteiger partial charge on any atom is -0.481 e. The number of aliphatic carboxylic acids is 1. The zero-order chi connectivity index (χ0) is 13.2. The van der Waals surface area contributed by atoms with Gasteiger partial charge < -0.3 is 5.11 Å². The van der Waals surface area contributed by atoms with Crippen LogP contribution in [0.1, 0.15) is 28.2 Å². The van der Waals surface area contributed by atoms with Gasteiger partial charge in [-0.3, -0.25) is 4.79 Å². The first-order valence-electron chi connectivity index (χ1n) is 6.62. The maximum Gasteiger partial charge on any atom is 0.311 e. The lowest BCUT2D eigenvalue weighted by molar-refractivity contribution is -0.138. The number of benzene rings is 2. The maximum atomic E-state index is 11.5. The van der Waals surface area contributed by atoms with Crippen molar-refractivity contribution in [2.24, 2.45) is 0 Å². The zero-order valence-corrected chi connectivity index (χ0v) is 10.7. The van der Waals surface area contributed by atoms with Crippen molar-refractivity contribution in [2.45, 2.75) is 25.2 Å². The van der Waals surface area contributed by atoms with Crippen molar-refractivity contribution in [2.75, 3.05) is 0 Å². The highest BCUT2D eigenvalue weighted by Gasteiger charge is 2.20. The molecule has 2 aromatic rings. The lowest BCUT2D eigenvalue weighted by Gasteiger charge is -2.15. The van der Waals surface area contributed by atoms with E-state index in [-0.39, 0.29) is 0 Å². The number of rotatable bonds is 1. The van der Waals surface area contributed by atoms with Gasteiger partial charge in [-0.1, -0.05) is 48.5 Å². The van der Waals surface area contributed by atoms with Gasteiger partial charge in [0.1, 0.15) is 0 Å². The highest BCUT2D eigenvalue weighted by Crippen LogP contribution is 2.24. The van der Waals surface area contributed by atoms with E-state index in [0.717, 1.165) is 24.0 Å². The summed E-state index contributed by atoms with van der Waals surface area (Å²) in [7, 11) is 0. The average molecular weight is 252 g/mol. The molecule has 0 fully saturated rings. The molecule has 0 unspecified atom stereocenters. The van der Waals surface area contributed by atoms with Crippen molar-refractivity contribution in [1.82, 2.24) is 0 Å². The van der Waals surface area contributed by atoms with Crippen LogP contribution in [0.3, 0.4) is 0 Å². The molecule has 1 atom stereocenters. The quantitative estimate of drug-likeness (QED) is 0.846. The molecule has 2 aromatic carbocycles. The Bertz CT molecular complexity index is 582. The van der Waals surface area contributed by atoms with Gasteiger partial charge in [-0.2, -0.15) is 0 Å². The van der Waals surface area contributed by atoms with Gasteiger partial charge in [0.15, 0.2) is 0 Å². The predicted molar refractivity (Wildman–Crippen MR) is 74.4 cm³/mol. The second-order valence-corrected chi connectivity index (χ2v) is 5.15. The molecule has 0 radical (unpaired) electrons. The SMILES string of the molecule is O=C(O)[C@@H]1Cc2ccc(cc2)CCc2ccc1cc2. The summed E-state index contributed by atoms with van der Waals surface area (Å²) in [5.41, 5.74) is 4.54. The molecular formula is C17H16O2. The van der Waals surface area contributed by atoms with Crippen molar-refractivity contribution in [3.05, 3.63) is 70.8 Å². The molecule has 4 aliphatic carbocycles. The molecule has 0 saturated carbocycles. The van der Waals surface area contributed by atoms with Crippen LogP contribution in [0.25, 0.3) is 0 Å². The Morgan fingerprint density at radius 3 is 1.84 bits per heavy atom. The topological polar surface area (TPSA) is 37.3 Å². The summed E-state index contributed by atoms with van der Waals surface area (Å²) in [6, 6.07) is 16.4. The van der Waals surface area contributed by atoms with Gasteiger partial charge >= 0.3 is 5.97 Å². The molecule has 19 heavy (non-hydrogen) atoms. The number of hydrogen-bond donors (Lipinski definition) is 1. The number of aryl methyl sites for hydroxylation is 2. The lowest BCUT2D eigenvalue weighted by Crippen LogP contribution is -2.15. The molecule has 0 aromatic heterocycles. The number of carbonyl (C=O) groups is 1. The fraction of sp³-hybridized carbons (Fsp3) is 0.235. The second-order valence-electron chi connectivity index (χ2n) is 5.15. The normalized spacial score (nSPS) is 17.8. The average Bonchev–Trinajstić information content (AvgIpc) is 2.42. The Morgan fingerprint density at radius 1 is 0.842 bits per heavy atom. The van der Waals surface area contributed by atoms with Gasteiger partial charge in [0.2, 0.25) is 0 Å². The lowest BCUT2D eigenvalue weighted by atomic mass is 9.89. The minimum atomic E-state index is -0.756. The Morgan fingerprint density at radius 2 is 1.32 bits per heavy atom. The molecule has 0 spiro atoms. The summed E-state index contributed by atoms with van der Waals surface area (Å²) in [6.07, 6.45) is 2.58. The third kappa shape index (κ3) is 2.53. The minimum absolute atomic E-state index is 0.459. The summed E-state index contributed by atoms with van der Waals surface area (Å²) < 4.78 is 0. The van der Waals surface area contributed by atoms with E-state index in [0.29, 0.717) is 6.42 Å². The van der Waals surface area contributed by atoms with Crippen LogP contribution in [0.4, 0.5) is 0 Å². The smallest absolute Gasteiger partial charge is 0.311 e. The first-order chi connectivity index (χ1) is 9.22. The Kier molecular flexibility index (Phi) is 3.08. The molecule has 2 nitrogen and oxygen atoms in total. The summed E-state index contributed by atoms with van der Waals surface area (Å²) in [5, 5.41) is 9.43. The van der Waals surface area contributed by atoms with E-state index in [1.165, 1.54) is 11.1 Å². The molecule has 4 aliphatic rings. The molecule has 1 N–H and O–H groups in total. The summed E-state index contributed by atoms with van der Waals surface area (Å²) in [5.74, 6) is -1.21. The van der Waals surface area contributed by atoms with E-state index in [1.54, 1.807) is 0 Å². The van der Waals surface area contributed by atoms with Crippen molar-refractivity contribution < 1.29 is 9.90 Å². The van der Waals surface area contributed by atoms with E-state index in [4.69, 9.17) is 0 Å². The molecule has 0 aliphatic heterocycles. The summed E-state index contributed by atoms with van der Waals surface area (Å²) in [6.45, 7) is 0. The van der Waals surface area contributed by atoms with Crippen molar-refractivity contribution in [3.8, 4) is 0 Å². The van der Waals surface area contributed by atoms with Crippen molar-refractivity contribution in [1.29, 1.82) is 0 Å². The highest BCUT2D eigenvalue weighted by atomic mass is 16.4. The molecule has 96 valence electrons. The Labute approximate surface area is 112 Å². The first-order valence-corrected chi connectivity index (χ1v) is 6.62. The maximum absolute atomic E-state index is 11.5. The summed E-state index contributed by atoms with van der Waals surface area (Å²) in [4.78, 5) is 11.5. The van der Waals surface area contributed by atoms with Crippen LogP contribution < -0.4 is 0 Å². The Hall–Kier alpha value is -2.09. The van der Waals surface area contributed by atoms with Crippen LogP contribution in [-0.2, 0) is 24.1 Å². The van der Waals surface area contributed by atoms with Gasteiger partial charge in [-0.15, -0.1) is 0 Å². The fourth-order valence-electron chi connectivity index (χ4n) is 2.63. The van der Waals surface area contributed by atoms with Crippen LogP contribution in [0, 0.1) is 0 Å². The zero-order valence-electron chi connectivity index (χ0n) is 10.7. The molecule has 2 heteroatoms. The van der Waals surface area contributed by atoms with Crippen molar-refractivity contribution in [3.63, 3.8) is 0 Å². The van der Waals surface area contributed by atoms with Crippen LogP contribution in [-0.4, -0.2) is 11.1 Å². The van der Waals surface area contributed by atoms with Gasteiger partial charge in [0.05, 0.1) is 5.92 Å². The highest BCUT2D eigenvalue weighted by molar-refractivity contribution is 5.76. The fourth-order valence-corrected chi connectivity index (χ4v) is 2.63. The van der Waals surface area contributed by atoms with Crippen molar-refractivity contribution >= 4 is 5.97 Å². The van der Waals surface area contributed by atoms with E-state index in [2.05, 4.69) is 36.4 Å². The first kappa shape index (κ1) is 12.0. The van der Waals surface area contributed by atoms with E-state index in [1.807, 2.05) is 12.1 Å². The van der Waals surface area contributed by atoms with Gasteiger partial charge in [-0.25, -0.2) is 0 Å². The standard InChI is InChI=1S/C17H16O2/c18-17(19)16-11-14-5-3-12(4-6-14)1-2-13-7-9-15(16)10-8-13/h3-10,16H,1-2,11H2,(H,18,19)/t16-/m1/s1. The number of carboxylic acid groups (broad SMARTS) is 1. The Balaban J connectivity index is 2.06. The van der Waals surface area contributed by atoms with Crippen LogP contribution in [0.15, 0.2) is 48.5 Å². The summed E-state index contributed by atoms with van der Waals surface area (Å²) >= 11 is 0. The molecule has 4 bridgehead atoms. The molecule has 0 heterocycles. The number of hydrogen-bond acceptors (Lipinski definition) is 1. The van der Waals surface area contributed by atoms with Gasteiger partial charge in [0.25, 0.3) is 0 Å². The molecule has 0 saturated heterocycles. The second kappa shape index (κ2) is 4.88. The van der Waals surface area contributed by atoms with E-state index < -0.39 is 11.9 Å². The monoisotopic (exact) mass is 252 g/mol. The van der Waals surface area contributed by atoms with Gasteiger partial charge in [0, 0.05) is 0 Å².